The molecule has 1 aromatic heterocycles. The van der Waals surface area contributed by atoms with Gasteiger partial charge in [-0.05, 0) is 12.1 Å². The van der Waals surface area contributed by atoms with Crippen LogP contribution in [0.1, 0.15) is 26.5 Å². The van der Waals surface area contributed by atoms with Crippen molar-refractivity contribution in [1.29, 1.82) is 0 Å². The molecule has 1 heterocycles. The summed E-state index contributed by atoms with van der Waals surface area (Å²) in [7, 11) is 0. The highest BCUT2D eigenvalue weighted by Gasteiger charge is 2.34. The van der Waals surface area contributed by atoms with Crippen LogP contribution in [-0.4, -0.2) is 14.7 Å². The van der Waals surface area contributed by atoms with Gasteiger partial charge in [-0.2, -0.15) is 5.10 Å². The van der Waals surface area contributed by atoms with Gasteiger partial charge in [-0.1, -0.05) is 44.0 Å². The molecule has 0 saturated carbocycles. The van der Waals surface area contributed by atoms with E-state index in [0.29, 0.717) is 0 Å². The number of halogens is 3. The molecule has 0 saturated heterocycles. The smallest absolute Gasteiger partial charge is 0.258 e. The van der Waals surface area contributed by atoms with Crippen molar-refractivity contribution >= 4 is 28.9 Å². The molecule has 0 atom stereocenters. The van der Waals surface area contributed by atoms with E-state index in [-0.39, 0.29) is 27.2 Å². The zero-order valence-electron chi connectivity index (χ0n) is 11.5. The summed E-state index contributed by atoms with van der Waals surface area (Å²) in [6, 6.07) is 3.95. The molecule has 5 nitrogen and oxygen atoms in total. The van der Waals surface area contributed by atoms with Crippen molar-refractivity contribution in [2.45, 2.75) is 26.2 Å². The van der Waals surface area contributed by atoms with Crippen LogP contribution in [0.25, 0.3) is 5.69 Å². The molecule has 0 aliphatic rings. The van der Waals surface area contributed by atoms with Gasteiger partial charge in [0.1, 0.15) is 11.5 Å². The van der Waals surface area contributed by atoms with E-state index >= 15 is 0 Å². The van der Waals surface area contributed by atoms with Crippen molar-refractivity contribution in [3.05, 3.63) is 50.0 Å². The first-order chi connectivity index (χ1) is 9.62. The second-order valence-electron chi connectivity index (χ2n) is 5.51. The largest absolute Gasteiger partial charge is 0.330 e. The van der Waals surface area contributed by atoms with Gasteiger partial charge >= 0.3 is 5.69 Å². The van der Waals surface area contributed by atoms with Crippen LogP contribution in [0.5, 0.6) is 0 Å². The van der Waals surface area contributed by atoms with Gasteiger partial charge in [0.05, 0.1) is 15.6 Å². The topological polar surface area (TPSA) is 61.0 Å². The second-order valence-corrected chi connectivity index (χ2v) is 6.27. The highest BCUT2D eigenvalue weighted by atomic mass is 35.5. The Bertz CT molecular complexity index is 723. The number of hydrogen-bond donors (Lipinski definition) is 0. The van der Waals surface area contributed by atoms with Crippen LogP contribution >= 0.6 is 23.2 Å². The Morgan fingerprint density at radius 2 is 1.95 bits per heavy atom. The van der Waals surface area contributed by atoms with E-state index in [9.17, 15) is 14.5 Å². The quantitative estimate of drug-likeness (QED) is 0.600. The fourth-order valence-corrected chi connectivity index (χ4v) is 2.26. The van der Waals surface area contributed by atoms with Gasteiger partial charge in [0.15, 0.2) is 0 Å². The molecule has 1 aromatic carbocycles. The van der Waals surface area contributed by atoms with Gasteiger partial charge in [0.25, 0.3) is 0 Å². The summed E-state index contributed by atoms with van der Waals surface area (Å²) in [6.45, 7) is 5.35. The Kier molecular flexibility index (Phi) is 3.95. The number of benzene rings is 1. The Hall–Kier alpha value is -1.66. The van der Waals surface area contributed by atoms with Crippen molar-refractivity contribution in [3.8, 4) is 5.69 Å². The van der Waals surface area contributed by atoms with Gasteiger partial charge in [-0.3, -0.25) is 10.1 Å². The maximum absolute atomic E-state index is 13.5. The molecular formula is C13H12Cl2FN3O2. The van der Waals surface area contributed by atoms with Gasteiger partial charge in [-0.15, -0.1) is 0 Å². The molecule has 21 heavy (non-hydrogen) atoms. The van der Waals surface area contributed by atoms with Crippen LogP contribution in [0.2, 0.25) is 10.2 Å². The lowest BCUT2D eigenvalue weighted by molar-refractivity contribution is -0.385. The van der Waals surface area contributed by atoms with Gasteiger partial charge < -0.3 is 0 Å². The molecule has 2 aromatic rings. The molecule has 0 amide bonds. The molecule has 0 bridgehead atoms. The van der Waals surface area contributed by atoms with E-state index in [2.05, 4.69) is 5.10 Å². The summed E-state index contributed by atoms with van der Waals surface area (Å²) in [6.07, 6.45) is 0. The Balaban J connectivity index is 2.71. The van der Waals surface area contributed by atoms with Crippen LogP contribution in [0.4, 0.5) is 10.1 Å². The minimum Gasteiger partial charge on any atom is -0.258 e. The van der Waals surface area contributed by atoms with Crippen molar-refractivity contribution in [2.75, 3.05) is 0 Å². The van der Waals surface area contributed by atoms with Crippen LogP contribution in [0.3, 0.4) is 0 Å². The molecule has 8 heteroatoms. The summed E-state index contributed by atoms with van der Waals surface area (Å²) in [5, 5.41) is 15.2. The number of hydrogen-bond acceptors (Lipinski definition) is 3. The van der Waals surface area contributed by atoms with E-state index in [1.54, 1.807) is 20.8 Å². The van der Waals surface area contributed by atoms with Gasteiger partial charge in [-0.25, -0.2) is 9.07 Å². The fourth-order valence-electron chi connectivity index (χ4n) is 1.84. The summed E-state index contributed by atoms with van der Waals surface area (Å²) in [4.78, 5) is 10.6. The van der Waals surface area contributed by atoms with E-state index in [1.165, 1.54) is 12.1 Å². The molecular weight excluding hydrogens is 320 g/mol. The number of rotatable bonds is 2. The third kappa shape index (κ3) is 2.87. The molecule has 0 aliphatic carbocycles. The minimum absolute atomic E-state index is 0.0485. The normalized spacial score (nSPS) is 11.7. The van der Waals surface area contributed by atoms with Crippen molar-refractivity contribution in [2.24, 2.45) is 0 Å². The lowest BCUT2D eigenvalue weighted by atomic mass is 9.91. The number of nitro groups is 1. The van der Waals surface area contributed by atoms with Crippen LogP contribution in [0.15, 0.2) is 18.2 Å². The van der Waals surface area contributed by atoms with Crippen LogP contribution < -0.4 is 0 Å². The highest BCUT2D eigenvalue weighted by Crippen LogP contribution is 2.37. The monoisotopic (exact) mass is 331 g/mol. The van der Waals surface area contributed by atoms with Gasteiger partial charge in [0.2, 0.25) is 5.15 Å². The fraction of sp³-hybridized carbons (Fsp3) is 0.308. The van der Waals surface area contributed by atoms with Crippen molar-refractivity contribution in [3.63, 3.8) is 0 Å². The summed E-state index contributed by atoms with van der Waals surface area (Å²) < 4.78 is 14.7. The molecule has 0 fully saturated rings. The summed E-state index contributed by atoms with van der Waals surface area (Å²) in [5.74, 6) is -0.652. The lowest BCUT2D eigenvalue weighted by Crippen LogP contribution is -2.14. The second kappa shape index (κ2) is 5.27. The maximum Gasteiger partial charge on any atom is 0.330 e. The average Bonchev–Trinajstić information content (AvgIpc) is 2.70. The van der Waals surface area contributed by atoms with E-state index in [0.717, 1.165) is 10.7 Å². The lowest BCUT2D eigenvalue weighted by Gasteiger charge is -2.13. The Morgan fingerprint density at radius 1 is 1.33 bits per heavy atom. The minimum atomic E-state index is -0.652. The standard InChI is InChI=1S/C13H12Cl2FN3O2/c1-13(2,3)11-10(19(20)21)12(15)18(17-11)7-4-5-8(14)9(16)6-7/h4-6H,1-3H3. The van der Waals surface area contributed by atoms with Crippen molar-refractivity contribution in [1.82, 2.24) is 9.78 Å². The Morgan fingerprint density at radius 3 is 2.38 bits per heavy atom. The predicted molar refractivity (Wildman–Crippen MR) is 78.9 cm³/mol. The molecule has 112 valence electrons. The van der Waals surface area contributed by atoms with E-state index in [1.807, 2.05) is 0 Å². The molecule has 0 aliphatic heterocycles. The van der Waals surface area contributed by atoms with Crippen LogP contribution in [0, 0.1) is 15.9 Å². The molecule has 0 radical (unpaired) electrons. The first-order valence-corrected chi connectivity index (χ1v) is 6.77. The first kappa shape index (κ1) is 15.7. The number of nitrogens with zero attached hydrogens (tertiary/aromatic N) is 3. The van der Waals surface area contributed by atoms with E-state index < -0.39 is 16.2 Å². The third-order valence-corrected chi connectivity index (χ3v) is 3.49. The van der Waals surface area contributed by atoms with Crippen LogP contribution in [-0.2, 0) is 5.41 Å². The molecule has 2 rings (SSSR count). The first-order valence-electron chi connectivity index (χ1n) is 6.01. The third-order valence-electron chi connectivity index (χ3n) is 2.85. The zero-order valence-corrected chi connectivity index (χ0v) is 13.0. The summed E-state index contributed by atoms with van der Waals surface area (Å²) >= 11 is 11.7. The van der Waals surface area contributed by atoms with Crippen molar-refractivity contribution < 1.29 is 9.31 Å². The zero-order chi connectivity index (χ0) is 15.9. The average molecular weight is 332 g/mol. The Labute approximate surface area is 130 Å². The summed E-state index contributed by atoms with van der Waals surface area (Å²) in [5.41, 5.74) is -0.365. The molecule has 0 unspecified atom stereocenters. The molecule has 0 spiro atoms. The predicted octanol–water partition coefficient (Wildman–Crippen LogP) is 4.52. The van der Waals surface area contributed by atoms with Gasteiger partial charge in [0, 0.05) is 11.5 Å². The SMILES string of the molecule is CC(C)(C)c1nn(-c2ccc(Cl)c(F)c2)c(Cl)c1[N+](=O)[O-]. The maximum atomic E-state index is 13.5. The van der Waals surface area contributed by atoms with E-state index in [4.69, 9.17) is 23.2 Å². The number of aromatic nitrogens is 2. The molecule has 0 N–H and O–H groups in total. The highest BCUT2D eigenvalue weighted by molar-refractivity contribution is 6.32.